The van der Waals surface area contributed by atoms with Crippen LogP contribution in [-0.4, -0.2) is 21.5 Å². The lowest BCUT2D eigenvalue weighted by atomic mass is 10.1. The predicted octanol–water partition coefficient (Wildman–Crippen LogP) is 3.02. The van der Waals surface area contributed by atoms with Gasteiger partial charge in [0.1, 0.15) is 10.7 Å². The zero-order valence-corrected chi connectivity index (χ0v) is 15.1. The van der Waals surface area contributed by atoms with E-state index >= 15 is 0 Å². The standard InChI is InChI=1S/C14H22BrFN2O2S/c1-9(2)5-10(3)18-21(19,20)13-7-12(15)6-11(8-17-4)14(13)16/h6-7,9-10,17-18H,5,8H2,1-4H3. The van der Waals surface area contributed by atoms with Crippen molar-refractivity contribution in [2.24, 2.45) is 5.92 Å². The molecule has 1 aromatic rings. The van der Waals surface area contributed by atoms with Gasteiger partial charge in [0.05, 0.1) is 0 Å². The molecule has 1 atom stereocenters. The molecule has 0 saturated heterocycles. The Bertz CT molecular complexity index is 591. The van der Waals surface area contributed by atoms with Crippen molar-refractivity contribution >= 4 is 26.0 Å². The summed E-state index contributed by atoms with van der Waals surface area (Å²) in [5, 5.41) is 2.82. The Morgan fingerprint density at radius 2 is 1.90 bits per heavy atom. The summed E-state index contributed by atoms with van der Waals surface area (Å²) in [5.41, 5.74) is 0.309. The van der Waals surface area contributed by atoms with Crippen molar-refractivity contribution in [2.45, 2.75) is 44.7 Å². The first-order valence-electron chi connectivity index (χ1n) is 6.82. The molecule has 0 amide bonds. The molecule has 1 rings (SSSR count). The van der Waals surface area contributed by atoms with Gasteiger partial charge in [0, 0.05) is 22.6 Å². The zero-order chi connectivity index (χ0) is 16.2. The fourth-order valence-corrected chi connectivity index (χ4v) is 4.28. The molecule has 120 valence electrons. The highest BCUT2D eigenvalue weighted by atomic mass is 79.9. The largest absolute Gasteiger partial charge is 0.316 e. The van der Waals surface area contributed by atoms with E-state index in [9.17, 15) is 12.8 Å². The van der Waals surface area contributed by atoms with Crippen molar-refractivity contribution in [3.05, 3.63) is 28.0 Å². The molecular formula is C14H22BrFN2O2S. The van der Waals surface area contributed by atoms with Crippen LogP contribution in [0.25, 0.3) is 0 Å². The fraction of sp³-hybridized carbons (Fsp3) is 0.571. The Kier molecular flexibility index (Phi) is 6.77. The second-order valence-electron chi connectivity index (χ2n) is 5.56. The van der Waals surface area contributed by atoms with Crippen LogP contribution in [0.2, 0.25) is 0 Å². The lowest BCUT2D eigenvalue weighted by Gasteiger charge is -2.17. The number of hydrogen-bond donors (Lipinski definition) is 2. The monoisotopic (exact) mass is 380 g/mol. The summed E-state index contributed by atoms with van der Waals surface area (Å²) >= 11 is 3.23. The molecule has 7 heteroatoms. The molecule has 1 unspecified atom stereocenters. The average Bonchev–Trinajstić information content (AvgIpc) is 2.31. The van der Waals surface area contributed by atoms with Crippen molar-refractivity contribution in [3.63, 3.8) is 0 Å². The minimum absolute atomic E-state index is 0.249. The van der Waals surface area contributed by atoms with Gasteiger partial charge in [-0.2, -0.15) is 0 Å². The third kappa shape index (κ3) is 5.32. The van der Waals surface area contributed by atoms with Gasteiger partial charge in [0.2, 0.25) is 10.0 Å². The first-order chi connectivity index (χ1) is 9.67. The van der Waals surface area contributed by atoms with Crippen LogP contribution in [0, 0.1) is 11.7 Å². The Morgan fingerprint density at radius 3 is 2.43 bits per heavy atom. The van der Waals surface area contributed by atoms with Gasteiger partial charge >= 0.3 is 0 Å². The van der Waals surface area contributed by atoms with Crippen molar-refractivity contribution in [1.29, 1.82) is 0 Å². The Morgan fingerprint density at radius 1 is 1.29 bits per heavy atom. The highest BCUT2D eigenvalue weighted by Crippen LogP contribution is 2.24. The SMILES string of the molecule is CNCc1cc(Br)cc(S(=O)(=O)NC(C)CC(C)C)c1F. The molecule has 0 radical (unpaired) electrons. The number of halogens is 2. The summed E-state index contributed by atoms with van der Waals surface area (Å²) in [4.78, 5) is -0.322. The molecular weight excluding hydrogens is 359 g/mol. The topological polar surface area (TPSA) is 58.2 Å². The molecule has 0 aliphatic carbocycles. The molecule has 1 aromatic carbocycles. The van der Waals surface area contributed by atoms with Crippen LogP contribution in [0.5, 0.6) is 0 Å². The summed E-state index contributed by atoms with van der Waals surface area (Å²) in [7, 11) is -2.20. The minimum atomic E-state index is -3.88. The maximum Gasteiger partial charge on any atom is 0.243 e. The molecule has 21 heavy (non-hydrogen) atoms. The van der Waals surface area contributed by atoms with Gasteiger partial charge in [0.25, 0.3) is 0 Å². The van der Waals surface area contributed by atoms with E-state index in [0.717, 1.165) is 0 Å². The van der Waals surface area contributed by atoms with Crippen LogP contribution in [0.15, 0.2) is 21.5 Å². The van der Waals surface area contributed by atoms with E-state index in [1.807, 2.05) is 13.8 Å². The smallest absolute Gasteiger partial charge is 0.243 e. The van der Waals surface area contributed by atoms with E-state index in [4.69, 9.17) is 0 Å². The molecule has 0 aromatic heterocycles. The van der Waals surface area contributed by atoms with Gasteiger partial charge in [-0.1, -0.05) is 29.8 Å². The van der Waals surface area contributed by atoms with Gasteiger partial charge in [-0.3, -0.25) is 0 Å². The molecule has 0 fully saturated rings. The molecule has 2 N–H and O–H groups in total. The summed E-state index contributed by atoms with van der Waals surface area (Å²) in [6.07, 6.45) is 0.693. The average molecular weight is 381 g/mol. The predicted molar refractivity (Wildman–Crippen MR) is 86.1 cm³/mol. The zero-order valence-electron chi connectivity index (χ0n) is 12.7. The van der Waals surface area contributed by atoms with E-state index < -0.39 is 15.8 Å². The highest BCUT2D eigenvalue weighted by molar-refractivity contribution is 9.10. The first kappa shape index (κ1) is 18.5. The highest BCUT2D eigenvalue weighted by Gasteiger charge is 2.24. The van der Waals surface area contributed by atoms with Crippen molar-refractivity contribution < 1.29 is 12.8 Å². The lowest BCUT2D eigenvalue weighted by molar-refractivity contribution is 0.479. The Balaban J connectivity index is 3.13. The van der Waals surface area contributed by atoms with E-state index in [2.05, 4.69) is 26.0 Å². The van der Waals surface area contributed by atoms with Crippen molar-refractivity contribution in [3.8, 4) is 0 Å². The molecule has 0 saturated carbocycles. The van der Waals surface area contributed by atoms with E-state index in [0.29, 0.717) is 22.4 Å². The maximum absolute atomic E-state index is 14.4. The minimum Gasteiger partial charge on any atom is -0.316 e. The quantitative estimate of drug-likeness (QED) is 0.764. The van der Waals surface area contributed by atoms with Crippen molar-refractivity contribution in [1.82, 2.24) is 10.0 Å². The van der Waals surface area contributed by atoms with Gasteiger partial charge in [-0.15, -0.1) is 0 Å². The van der Waals surface area contributed by atoms with Crippen LogP contribution in [0.3, 0.4) is 0 Å². The number of benzene rings is 1. The van der Waals surface area contributed by atoms with Crippen molar-refractivity contribution in [2.75, 3.05) is 7.05 Å². The fourth-order valence-electron chi connectivity index (χ4n) is 2.22. The third-order valence-electron chi connectivity index (χ3n) is 2.92. The Hall–Kier alpha value is -0.500. The van der Waals surface area contributed by atoms with Crippen LogP contribution < -0.4 is 10.0 Å². The molecule has 4 nitrogen and oxygen atoms in total. The van der Waals surface area contributed by atoms with Gasteiger partial charge < -0.3 is 5.32 Å². The molecule has 0 aliphatic rings. The molecule has 0 spiro atoms. The van der Waals surface area contributed by atoms with Crippen LogP contribution in [0.1, 0.15) is 32.8 Å². The van der Waals surface area contributed by atoms with Gasteiger partial charge in [-0.25, -0.2) is 17.5 Å². The summed E-state index contributed by atoms with van der Waals surface area (Å²) in [5.74, 6) is -0.355. The Labute approximate surface area is 134 Å². The second-order valence-corrected chi connectivity index (χ2v) is 8.16. The number of nitrogens with one attached hydrogen (secondary N) is 2. The van der Waals surface area contributed by atoms with Crippen LogP contribution >= 0.6 is 15.9 Å². The summed E-state index contributed by atoms with van der Waals surface area (Å²) in [6.45, 7) is 6.06. The molecule has 0 heterocycles. The van der Waals surface area contributed by atoms with Gasteiger partial charge in [0.15, 0.2) is 0 Å². The first-order valence-corrected chi connectivity index (χ1v) is 9.09. The van der Waals surface area contributed by atoms with E-state index in [1.54, 1.807) is 20.0 Å². The summed E-state index contributed by atoms with van der Waals surface area (Å²) < 4.78 is 42.2. The van der Waals surface area contributed by atoms with Gasteiger partial charge in [-0.05, 0) is 38.4 Å². The van der Waals surface area contributed by atoms with E-state index in [1.165, 1.54) is 6.07 Å². The molecule has 0 bridgehead atoms. The summed E-state index contributed by atoms with van der Waals surface area (Å²) in [6, 6.07) is 2.61. The number of rotatable bonds is 7. The third-order valence-corrected chi connectivity index (χ3v) is 4.96. The molecule has 0 aliphatic heterocycles. The number of hydrogen-bond acceptors (Lipinski definition) is 3. The van der Waals surface area contributed by atoms with Crippen LogP contribution in [0.4, 0.5) is 4.39 Å². The van der Waals surface area contributed by atoms with Crippen LogP contribution in [-0.2, 0) is 16.6 Å². The normalized spacial score (nSPS) is 13.7. The number of sulfonamides is 1. The lowest BCUT2D eigenvalue weighted by Crippen LogP contribution is -2.34. The maximum atomic E-state index is 14.4. The second kappa shape index (κ2) is 7.67. The van der Waals surface area contributed by atoms with E-state index in [-0.39, 0.29) is 17.5 Å².